The number of halogens is 2. The fraction of sp³-hybridized carbons (Fsp3) is 0.400. The van der Waals surface area contributed by atoms with E-state index in [1.807, 2.05) is 24.3 Å². The van der Waals surface area contributed by atoms with Gasteiger partial charge < -0.3 is 10.1 Å². The summed E-state index contributed by atoms with van der Waals surface area (Å²) in [5.41, 5.74) is 0. The average molecular weight is 279 g/mol. The first-order valence-corrected chi connectivity index (χ1v) is 5.23. The van der Waals surface area contributed by atoms with E-state index in [1.54, 1.807) is 0 Å². The van der Waals surface area contributed by atoms with Crippen molar-refractivity contribution in [2.45, 2.75) is 0 Å². The van der Waals surface area contributed by atoms with Gasteiger partial charge in [0, 0.05) is 23.5 Å². The van der Waals surface area contributed by atoms with E-state index in [2.05, 4.69) is 21.2 Å². The molecule has 0 radical (unpaired) electrons. The van der Waals surface area contributed by atoms with Gasteiger partial charge in [0.15, 0.2) is 0 Å². The van der Waals surface area contributed by atoms with Gasteiger partial charge in [0.05, 0.1) is 6.61 Å². The van der Waals surface area contributed by atoms with Crippen LogP contribution in [0.1, 0.15) is 0 Å². The Labute approximate surface area is 98.6 Å². The van der Waals surface area contributed by atoms with E-state index in [0.717, 1.165) is 29.9 Å². The third kappa shape index (κ3) is 3.15. The average Bonchev–Trinajstić information content (AvgIpc) is 2.05. The highest BCUT2D eigenvalue weighted by Gasteiger charge is 2.16. The molecule has 1 N–H and O–H groups in total. The van der Waals surface area contributed by atoms with Crippen LogP contribution in [0.4, 0.5) is 0 Å². The van der Waals surface area contributed by atoms with E-state index in [4.69, 9.17) is 4.74 Å². The van der Waals surface area contributed by atoms with Crippen LogP contribution in [0.15, 0.2) is 28.7 Å². The van der Waals surface area contributed by atoms with E-state index in [-0.39, 0.29) is 12.4 Å². The number of hydrogen-bond donors (Lipinski definition) is 1. The number of benzene rings is 1. The number of rotatable bonds is 3. The molecule has 2 rings (SSSR count). The summed E-state index contributed by atoms with van der Waals surface area (Å²) in [4.78, 5) is 0. The lowest BCUT2D eigenvalue weighted by Crippen LogP contribution is -2.45. The molecule has 2 nitrogen and oxygen atoms in total. The molecule has 0 aliphatic carbocycles. The molecule has 0 aromatic heterocycles. The van der Waals surface area contributed by atoms with Gasteiger partial charge in [-0.2, -0.15) is 0 Å². The summed E-state index contributed by atoms with van der Waals surface area (Å²) in [6.07, 6.45) is 0. The molecule has 4 heteroatoms. The highest BCUT2D eigenvalue weighted by atomic mass is 79.9. The Hall–Kier alpha value is -0.250. The molecule has 78 valence electrons. The molecule has 1 heterocycles. The van der Waals surface area contributed by atoms with Crippen LogP contribution >= 0.6 is 28.3 Å². The third-order valence-electron chi connectivity index (χ3n) is 2.17. The summed E-state index contributed by atoms with van der Waals surface area (Å²) < 4.78 is 6.69. The van der Waals surface area contributed by atoms with Gasteiger partial charge in [0.2, 0.25) is 0 Å². The van der Waals surface area contributed by atoms with Crippen LogP contribution in [0.3, 0.4) is 0 Å². The van der Waals surface area contributed by atoms with E-state index in [9.17, 15) is 0 Å². The van der Waals surface area contributed by atoms with Crippen molar-refractivity contribution in [3.05, 3.63) is 28.7 Å². The predicted octanol–water partition coefficient (Wildman–Crippen LogP) is 2.47. The van der Waals surface area contributed by atoms with Crippen molar-refractivity contribution in [3.8, 4) is 5.75 Å². The largest absolute Gasteiger partial charge is 0.493 e. The molecule has 0 spiro atoms. The zero-order chi connectivity index (χ0) is 9.10. The highest BCUT2D eigenvalue weighted by molar-refractivity contribution is 9.10. The predicted molar refractivity (Wildman–Crippen MR) is 63.2 cm³/mol. The third-order valence-corrected chi connectivity index (χ3v) is 2.69. The SMILES string of the molecule is Brc1ccc(OCC2CNC2)cc1.Cl. The van der Waals surface area contributed by atoms with E-state index in [0.29, 0.717) is 5.92 Å². The minimum atomic E-state index is 0. The van der Waals surface area contributed by atoms with Gasteiger partial charge in [-0.05, 0) is 24.3 Å². The molecule has 1 aliphatic heterocycles. The molecule has 1 aliphatic rings. The Kier molecular flexibility index (Phi) is 4.72. The summed E-state index contributed by atoms with van der Waals surface area (Å²) in [5, 5.41) is 3.22. The highest BCUT2D eigenvalue weighted by Crippen LogP contribution is 2.17. The first kappa shape index (κ1) is 11.8. The van der Waals surface area contributed by atoms with Crippen LogP contribution in [0.2, 0.25) is 0 Å². The molecule has 0 unspecified atom stereocenters. The normalized spacial score (nSPS) is 15.5. The summed E-state index contributed by atoms with van der Waals surface area (Å²) in [6.45, 7) is 3.02. The number of ether oxygens (including phenoxy) is 1. The molecule has 1 aromatic rings. The number of nitrogens with one attached hydrogen (secondary N) is 1. The van der Waals surface area contributed by atoms with Gasteiger partial charge in [-0.25, -0.2) is 0 Å². The van der Waals surface area contributed by atoms with Crippen molar-refractivity contribution in [1.29, 1.82) is 0 Å². The standard InChI is InChI=1S/C10H12BrNO.ClH/c11-9-1-3-10(4-2-9)13-7-8-5-12-6-8;/h1-4,8,12H,5-7H2;1H. The second-order valence-corrected chi connectivity index (χ2v) is 4.20. The van der Waals surface area contributed by atoms with E-state index >= 15 is 0 Å². The summed E-state index contributed by atoms with van der Waals surface area (Å²) in [7, 11) is 0. The lowest BCUT2D eigenvalue weighted by Gasteiger charge is -2.26. The molecule has 0 saturated carbocycles. The van der Waals surface area contributed by atoms with E-state index in [1.165, 1.54) is 0 Å². The van der Waals surface area contributed by atoms with Crippen LogP contribution in [-0.4, -0.2) is 19.7 Å². The van der Waals surface area contributed by atoms with Gasteiger partial charge in [0.1, 0.15) is 5.75 Å². The molecule has 1 aromatic carbocycles. The Morgan fingerprint density at radius 3 is 2.43 bits per heavy atom. The molecular weight excluding hydrogens is 265 g/mol. The maximum Gasteiger partial charge on any atom is 0.119 e. The van der Waals surface area contributed by atoms with Crippen LogP contribution < -0.4 is 10.1 Å². The van der Waals surface area contributed by atoms with Crippen molar-refractivity contribution in [2.75, 3.05) is 19.7 Å². The van der Waals surface area contributed by atoms with Gasteiger partial charge in [-0.1, -0.05) is 15.9 Å². The molecule has 14 heavy (non-hydrogen) atoms. The van der Waals surface area contributed by atoms with Crippen molar-refractivity contribution >= 4 is 28.3 Å². The molecule has 0 amide bonds. The lowest BCUT2D eigenvalue weighted by molar-refractivity contribution is 0.199. The minimum Gasteiger partial charge on any atom is -0.493 e. The first-order chi connectivity index (χ1) is 6.34. The van der Waals surface area contributed by atoms with Gasteiger partial charge in [-0.3, -0.25) is 0 Å². The van der Waals surface area contributed by atoms with Gasteiger partial charge >= 0.3 is 0 Å². The minimum absolute atomic E-state index is 0. The van der Waals surface area contributed by atoms with Crippen LogP contribution in [-0.2, 0) is 0 Å². The Morgan fingerprint density at radius 2 is 1.93 bits per heavy atom. The first-order valence-electron chi connectivity index (χ1n) is 4.44. The smallest absolute Gasteiger partial charge is 0.119 e. The van der Waals surface area contributed by atoms with Crippen molar-refractivity contribution in [3.63, 3.8) is 0 Å². The monoisotopic (exact) mass is 277 g/mol. The second-order valence-electron chi connectivity index (χ2n) is 3.29. The Bertz CT molecular complexity index is 274. The maximum absolute atomic E-state index is 5.60. The summed E-state index contributed by atoms with van der Waals surface area (Å²) in [6, 6.07) is 7.95. The number of hydrogen-bond acceptors (Lipinski definition) is 2. The zero-order valence-corrected chi connectivity index (χ0v) is 10.1. The molecule has 0 bridgehead atoms. The topological polar surface area (TPSA) is 21.3 Å². The fourth-order valence-corrected chi connectivity index (χ4v) is 1.48. The summed E-state index contributed by atoms with van der Waals surface area (Å²) in [5.74, 6) is 1.65. The quantitative estimate of drug-likeness (QED) is 0.917. The molecule has 1 fully saturated rings. The van der Waals surface area contributed by atoms with Gasteiger partial charge in [0.25, 0.3) is 0 Å². The lowest BCUT2D eigenvalue weighted by atomic mass is 10.1. The Morgan fingerprint density at radius 1 is 1.29 bits per heavy atom. The van der Waals surface area contributed by atoms with Crippen LogP contribution in [0.5, 0.6) is 5.75 Å². The fourth-order valence-electron chi connectivity index (χ4n) is 1.21. The Balaban J connectivity index is 0.000000980. The maximum atomic E-state index is 5.60. The van der Waals surface area contributed by atoms with Crippen molar-refractivity contribution in [2.24, 2.45) is 5.92 Å². The zero-order valence-electron chi connectivity index (χ0n) is 7.70. The van der Waals surface area contributed by atoms with Crippen molar-refractivity contribution < 1.29 is 4.74 Å². The molecule has 0 atom stereocenters. The van der Waals surface area contributed by atoms with Crippen LogP contribution in [0, 0.1) is 5.92 Å². The molecular formula is C10H13BrClNO. The second kappa shape index (κ2) is 5.59. The molecule has 1 saturated heterocycles. The van der Waals surface area contributed by atoms with Crippen molar-refractivity contribution in [1.82, 2.24) is 5.32 Å². The van der Waals surface area contributed by atoms with E-state index < -0.39 is 0 Å². The van der Waals surface area contributed by atoms with Gasteiger partial charge in [-0.15, -0.1) is 12.4 Å². The summed E-state index contributed by atoms with van der Waals surface area (Å²) >= 11 is 3.38. The van der Waals surface area contributed by atoms with Crippen LogP contribution in [0.25, 0.3) is 0 Å².